The van der Waals surface area contributed by atoms with Gasteiger partial charge in [0, 0.05) is 11.3 Å². The molecule has 0 bridgehead atoms. The Bertz CT molecular complexity index is 950. The minimum atomic E-state index is -1.05. The molecule has 0 aliphatic carbocycles. The molecule has 0 unspecified atom stereocenters. The first-order valence-corrected chi connectivity index (χ1v) is 8.77. The van der Waals surface area contributed by atoms with Crippen LogP contribution in [0.3, 0.4) is 0 Å². The zero-order valence-corrected chi connectivity index (χ0v) is 16.5. The Morgan fingerprint density at radius 2 is 1.68 bits per heavy atom. The van der Waals surface area contributed by atoms with E-state index in [-0.39, 0.29) is 11.5 Å². The van der Waals surface area contributed by atoms with Crippen LogP contribution in [0.5, 0.6) is 5.75 Å². The van der Waals surface area contributed by atoms with Crippen LogP contribution in [0.1, 0.15) is 58.4 Å². The van der Waals surface area contributed by atoms with E-state index in [2.05, 4.69) is 4.98 Å². The lowest BCUT2D eigenvalue weighted by Crippen LogP contribution is -2.33. The molecule has 0 fully saturated rings. The topological polar surface area (TPSA) is 109 Å². The van der Waals surface area contributed by atoms with Crippen molar-refractivity contribution in [2.45, 2.75) is 46.8 Å². The molecular weight excluding hydrogens is 360 g/mol. The number of aryl methyl sites for hydroxylation is 1. The van der Waals surface area contributed by atoms with E-state index < -0.39 is 24.0 Å². The number of carbonyl (C=O) groups excluding carboxylic acids is 3. The summed E-state index contributed by atoms with van der Waals surface area (Å²) in [6.45, 7) is 7.81. The number of rotatable bonds is 7. The van der Waals surface area contributed by atoms with Gasteiger partial charge in [0.2, 0.25) is 5.78 Å². The smallest absolute Gasteiger partial charge is 0.347 e. The quantitative estimate of drug-likeness (QED) is 0.581. The molecule has 0 saturated carbocycles. The van der Waals surface area contributed by atoms with Gasteiger partial charge in [-0.15, -0.1) is 0 Å². The van der Waals surface area contributed by atoms with Crippen molar-refractivity contribution in [2.75, 3.05) is 0 Å². The number of hydrogen-bond donors (Lipinski definition) is 1. The number of nitriles is 1. The molecule has 28 heavy (non-hydrogen) atoms. The van der Waals surface area contributed by atoms with Crippen molar-refractivity contribution in [1.29, 1.82) is 5.26 Å². The minimum absolute atomic E-state index is 0.139. The number of carbonyl (C=O) groups is 3. The summed E-state index contributed by atoms with van der Waals surface area (Å²) < 4.78 is 10.7. The Hall–Kier alpha value is -3.40. The molecule has 2 atom stereocenters. The SMILES string of the molecule is CC(=O)c1c(C)[nH]c(C(=O)[C@H](C)OC(=O)[C@H](C)Oc2ccc(C#N)cc2)c1C. The van der Waals surface area contributed by atoms with Gasteiger partial charge in [-0.2, -0.15) is 5.26 Å². The summed E-state index contributed by atoms with van der Waals surface area (Å²) in [5.74, 6) is -0.853. The fourth-order valence-corrected chi connectivity index (χ4v) is 2.91. The summed E-state index contributed by atoms with van der Waals surface area (Å²) >= 11 is 0. The number of nitrogens with one attached hydrogen (secondary N) is 1. The number of ether oxygens (including phenoxy) is 2. The molecule has 0 aliphatic rings. The van der Waals surface area contributed by atoms with Crippen LogP contribution in [0.2, 0.25) is 0 Å². The number of ketones is 2. The van der Waals surface area contributed by atoms with Gasteiger partial charge in [0.05, 0.1) is 17.3 Å². The third kappa shape index (κ3) is 4.46. The second-order valence-electron chi connectivity index (χ2n) is 6.52. The predicted molar refractivity (Wildman–Crippen MR) is 101 cm³/mol. The van der Waals surface area contributed by atoms with Gasteiger partial charge in [0.25, 0.3) is 0 Å². The summed E-state index contributed by atoms with van der Waals surface area (Å²) in [7, 11) is 0. The van der Waals surface area contributed by atoms with Crippen LogP contribution < -0.4 is 4.74 Å². The van der Waals surface area contributed by atoms with E-state index in [9.17, 15) is 14.4 Å². The zero-order valence-electron chi connectivity index (χ0n) is 16.5. The lowest BCUT2D eigenvalue weighted by atomic mass is 10.0. The van der Waals surface area contributed by atoms with Gasteiger partial charge in [0.1, 0.15) is 5.75 Å². The van der Waals surface area contributed by atoms with Gasteiger partial charge in [-0.1, -0.05) is 0 Å². The lowest BCUT2D eigenvalue weighted by Gasteiger charge is -2.17. The van der Waals surface area contributed by atoms with E-state index in [1.54, 1.807) is 38.1 Å². The molecule has 146 valence electrons. The molecule has 0 radical (unpaired) electrons. The van der Waals surface area contributed by atoms with Crippen LogP contribution in [0.25, 0.3) is 0 Å². The maximum Gasteiger partial charge on any atom is 0.347 e. The summed E-state index contributed by atoms with van der Waals surface area (Å²) in [6, 6.07) is 8.29. The highest BCUT2D eigenvalue weighted by Crippen LogP contribution is 2.21. The van der Waals surface area contributed by atoms with E-state index in [4.69, 9.17) is 14.7 Å². The Balaban J connectivity index is 2.04. The van der Waals surface area contributed by atoms with Gasteiger partial charge in [-0.3, -0.25) is 9.59 Å². The van der Waals surface area contributed by atoms with E-state index in [1.807, 2.05) is 6.07 Å². The van der Waals surface area contributed by atoms with Crippen molar-refractivity contribution >= 4 is 17.5 Å². The van der Waals surface area contributed by atoms with Gasteiger partial charge in [-0.05, 0) is 64.4 Å². The normalized spacial score (nSPS) is 12.6. The molecule has 0 aliphatic heterocycles. The maximum atomic E-state index is 12.6. The largest absolute Gasteiger partial charge is 0.479 e. The van der Waals surface area contributed by atoms with Crippen LogP contribution in [0, 0.1) is 25.2 Å². The maximum absolute atomic E-state index is 12.6. The fourth-order valence-electron chi connectivity index (χ4n) is 2.91. The van der Waals surface area contributed by atoms with Crippen molar-refractivity contribution in [3.8, 4) is 11.8 Å². The van der Waals surface area contributed by atoms with Gasteiger partial charge < -0.3 is 14.5 Å². The number of aromatic nitrogens is 1. The number of nitrogens with zero attached hydrogens (tertiary/aromatic N) is 1. The highest BCUT2D eigenvalue weighted by atomic mass is 16.6. The summed E-state index contributed by atoms with van der Waals surface area (Å²) in [5, 5.41) is 8.79. The van der Waals surface area contributed by atoms with Crippen molar-refractivity contribution in [3.05, 3.63) is 52.3 Å². The van der Waals surface area contributed by atoms with Crippen LogP contribution in [-0.4, -0.2) is 34.7 Å². The van der Waals surface area contributed by atoms with Gasteiger partial charge >= 0.3 is 5.97 Å². The molecule has 2 aromatic rings. The number of esters is 1. The van der Waals surface area contributed by atoms with Crippen molar-refractivity contribution < 1.29 is 23.9 Å². The van der Waals surface area contributed by atoms with E-state index >= 15 is 0 Å². The van der Waals surface area contributed by atoms with Crippen molar-refractivity contribution in [1.82, 2.24) is 4.98 Å². The molecule has 0 saturated heterocycles. The molecule has 1 aromatic carbocycles. The number of aromatic amines is 1. The van der Waals surface area contributed by atoms with E-state index in [1.165, 1.54) is 20.8 Å². The van der Waals surface area contributed by atoms with Gasteiger partial charge in [0.15, 0.2) is 18.0 Å². The first-order chi connectivity index (χ1) is 13.1. The number of hydrogen-bond acceptors (Lipinski definition) is 6. The summed E-state index contributed by atoms with van der Waals surface area (Å²) in [6.07, 6.45) is -1.99. The van der Waals surface area contributed by atoms with Gasteiger partial charge in [-0.25, -0.2) is 4.79 Å². The first-order valence-electron chi connectivity index (χ1n) is 8.77. The van der Waals surface area contributed by atoms with E-state index in [0.29, 0.717) is 28.1 Å². The molecule has 1 heterocycles. The van der Waals surface area contributed by atoms with E-state index in [0.717, 1.165) is 0 Å². The molecular formula is C21H22N2O5. The van der Waals surface area contributed by atoms with Crippen molar-refractivity contribution in [2.24, 2.45) is 0 Å². The Labute approximate surface area is 163 Å². The average molecular weight is 382 g/mol. The molecule has 1 aromatic heterocycles. The molecule has 7 heteroatoms. The predicted octanol–water partition coefficient (Wildman–Crippen LogP) is 3.29. The summed E-state index contributed by atoms with van der Waals surface area (Å²) in [4.78, 5) is 39.5. The minimum Gasteiger partial charge on any atom is -0.479 e. The molecule has 7 nitrogen and oxygen atoms in total. The zero-order chi connectivity index (χ0) is 21.0. The third-order valence-corrected chi connectivity index (χ3v) is 4.33. The second-order valence-corrected chi connectivity index (χ2v) is 6.52. The lowest BCUT2D eigenvalue weighted by molar-refractivity contribution is -0.153. The molecule has 0 spiro atoms. The third-order valence-electron chi connectivity index (χ3n) is 4.33. The number of Topliss-reactive ketones (excluding diaryl/α,β-unsaturated/α-hetero) is 2. The van der Waals surface area contributed by atoms with Crippen molar-refractivity contribution in [3.63, 3.8) is 0 Å². The Morgan fingerprint density at radius 1 is 1.07 bits per heavy atom. The Kier molecular flexibility index (Phi) is 6.37. The van der Waals surface area contributed by atoms with Crippen LogP contribution in [0.15, 0.2) is 24.3 Å². The van der Waals surface area contributed by atoms with Crippen LogP contribution >= 0.6 is 0 Å². The fraction of sp³-hybridized carbons (Fsp3) is 0.333. The molecule has 1 N–H and O–H groups in total. The Morgan fingerprint density at radius 3 is 2.18 bits per heavy atom. The molecule has 2 rings (SSSR count). The molecule has 0 amide bonds. The monoisotopic (exact) mass is 382 g/mol. The summed E-state index contributed by atoms with van der Waals surface area (Å²) in [5.41, 5.74) is 2.34. The first kappa shape index (κ1) is 20.9. The standard InChI is InChI=1S/C21H22N2O5/c1-11-18(13(3)24)12(2)23-19(11)20(25)14(4)28-21(26)15(5)27-17-8-6-16(10-22)7-9-17/h6-9,14-15,23H,1-5H3/t14-,15-/m0/s1. The number of benzene rings is 1. The number of H-pyrrole nitrogens is 1. The van der Waals surface area contributed by atoms with Crippen LogP contribution in [-0.2, 0) is 9.53 Å². The average Bonchev–Trinajstić information content (AvgIpc) is 2.95. The second kappa shape index (κ2) is 8.53. The van der Waals surface area contributed by atoms with Crippen LogP contribution in [0.4, 0.5) is 0 Å². The highest BCUT2D eigenvalue weighted by molar-refractivity contribution is 6.05. The highest BCUT2D eigenvalue weighted by Gasteiger charge is 2.28.